The van der Waals surface area contributed by atoms with E-state index >= 15 is 0 Å². The molecule has 0 saturated carbocycles. The van der Waals surface area contributed by atoms with Crippen LogP contribution in [-0.4, -0.2) is 49.2 Å². The molecule has 7 nitrogen and oxygen atoms in total. The van der Waals surface area contributed by atoms with E-state index in [1.807, 2.05) is 38.3 Å². The number of halogens is 2. The van der Waals surface area contributed by atoms with E-state index in [9.17, 15) is 14.0 Å². The van der Waals surface area contributed by atoms with Crippen molar-refractivity contribution in [3.8, 4) is 11.8 Å². The van der Waals surface area contributed by atoms with Crippen molar-refractivity contribution < 1.29 is 18.7 Å². The fourth-order valence-electron chi connectivity index (χ4n) is 2.98. The van der Waals surface area contributed by atoms with Crippen LogP contribution in [0.4, 0.5) is 4.39 Å². The van der Waals surface area contributed by atoms with Crippen LogP contribution in [0, 0.1) is 17.8 Å². The number of hydrazine groups is 1. The van der Waals surface area contributed by atoms with E-state index in [0.29, 0.717) is 37.6 Å². The van der Waals surface area contributed by atoms with Crippen LogP contribution in [0.1, 0.15) is 44.9 Å². The van der Waals surface area contributed by atoms with Crippen LogP contribution in [0.3, 0.4) is 0 Å². The molecule has 0 radical (unpaired) electrons. The Balaban J connectivity index is 2.77. The molecule has 0 aliphatic rings. The smallest absolute Gasteiger partial charge is 0.207 e. The van der Waals surface area contributed by atoms with Crippen molar-refractivity contribution in [2.45, 2.75) is 45.6 Å². The normalized spacial score (nSPS) is 13.6. The zero-order valence-electron chi connectivity index (χ0n) is 22.1. The second-order valence-electron chi connectivity index (χ2n) is 9.24. The Kier molecular flexibility index (Phi) is 15.9. The molecule has 0 spiro atoms. The third-order valence-corrected chi connectivity index (χ3v) is 6.05. The molecular weight excluding hydrogens is 527 g/mol. The summed E-state index contributed by atoms with van der Waals surface area (Å²) in [6.45, 7) is 11.6. The number of carbonyl (C=O) groups is 2. The highest BCUT2D eigenvalue weighted by Gasteiger charge is 2.14. The van der Waals surface area contributed by atoms with Gasteiger partial charge in [0.2, 0.25) is 6.41 Å². The second kappa shape index (κ2) is 18.3. The van der Waals surface area contributed by atoms with Gasteiger partial charge in [0.05, 0.1) is 15.5 Å². The topological polar surface area (TPSA) is 97.0 Å². The van der Waals surface area contributed by atoms with Crippen molar-refractivity contribution in [3.05, 3.63) is 69.5 Å². The summed E-state index contributed by atoms with van der Waals surface area (Å²) in [6, 6.07) is 3.68. The van der Waals surface area contributed by atoms with E-state index in [1.54, 1.807) is 6.20 Å². The molecule has 1 aromatic heterocycles. The molecule has 0 bridgehead atoms. The summed E-state index contributed by atoms with van der Waals surface area (Å²) < 4.78 is 19.3. The van der Waals surface area contributed by atoms with Crippen LogP contribution < -0.4 is 11.2 Å². The average molecular weight is 563 g/mol. The average Bonchev–Trinajstić information content (AvgIpc) is 3.38. The lowest BCUT2D eigenvalue weighted by atomic mass is 9.97. The minimum absolute atomic E-state index is 0.0969. The van der Waals surface area contributed by atoms with Crippen LogP contribution in [0.2, 0.25) is 0 Å². The first-order valence-corrected chi connectivity index (χ1v) is 13.3. The maximum atomic E-state index is 13.5. The molecule has 38 heavy (non-hydrogen) atoms. The molecule has 1 heterocycles. The van der Waals surface area contributed by atoms with Crippen molar-refractivity contribution in [2.75, 3.05) is 19.7 Å². The number of carbonyl (C=O) groups excluding carboxylic acids is 2. The van der Waals surface area contributed by atoms with Gasteiger partial charge in [0.1, 0.15) is 0 Å². The van der Waals surface area contributed by atoms with Gasteiger partial charge in [-0.2, -0.15) is 0 Å². The first-order chi connectivity index (χ1) is 18.0. The van der Waals surface area contributed by atoms with Gasteiger partial charge < -0.3 is 15.1 Å². The highest BCUT2D eigenvalue weighted by Crippen LogP contribution is 2.18. The van der Waals surface area contributed by atoms with E-state index in [0.717, 1.165) is 30.2 Å². The fourth-order valence-corrected chi connectivity index (χ4v) is 3.72. The first kappa shape index (κ1) is 33.0. The van der Waals surface area contributed by atoms with Crippen molar-refractivity contribution >= 4 is 41.8 Å². The number of nitrogens with one attached hydrogen (secondary N) is 1. The Bertz CT molecular complexity index is 1080. The number of allylic oxidation sites excluding steroid dienone is 5. The van der Waals surface area contributed by atoms with Gasteiger partial charge >= 0.3 is 0 Å². The lowest BCUT2D eigenvalue weighted by Crippen LogP contribution is -2.29. The number of nitrogens with zero attached hydrogens (tertiary/aromatic N) is 2. The van der Waals surface area contributed by atoms with Gasteiger partial charge in [-0.15, -0.1) is 11.3 Å². The summed E-state index contributed by atoms with van der Waals surface area (Å²) >= 11 is 7.78. The van der Waals surface area contributed by atoms with Crippen LogP contribution in [0.25, 0.3) is 0 Å². The molecule has 0 aliphatic carbocycles. The zero-order chi connectivity index (χ0) is 28.4. The van der Waals surface area contributed by atoms with Crippen molar-refractivity contribution in [1.82, 2.24) is 10.3 Å². The number of thiophene rings is 1. The molecule has 1 amide bonds. The largest absolute Gasteiger partial charge is 0.376 e. The zero-order valence-corrected chi connectivity index (χ0v) is 23.7. The van der Waals surface area contributed by atoms with Gasteiger partial charge in [0, 0.05) is 49.5 Å². The summed E-state index contributed by atoms with van der Waals surface area (Å²) in [5.41, 5.74) is 0.377. The van der Waals surface area contributed by atoms with Gasteiger partial charge in [0.25, 0.3) is 0 Å². The summed E-state index contributed by atoms with van der Waals surface area (Å²) in [5.74, 6) is 11.1. The molecular formula is C28H36ClFN4O3S. The maximum Gasteiger partial charge on any atom is 0.207 e. The third-order valence-electron chi connectivity index (χ3n) is 4.92. The molecule has 1 aromatic rings. The molecule has 10 heteroatoms. The number of aliphatic imine (C=N–C) groups is 1. The Morgan fingerprint density at radius 1 is 1.37 bits per heavy atom. The molecule has 0 fully saturated rings. The van der Waals surface area contributed by atoms with Crippen LogP contribution in [-0.2, 0) is 14.3 Å². The third kappa shape index (κ3) is 15.9. The molecule has 3 N–H and O–H groups in total. The molecule has 0 aliphatic heterocycles. The summed E-state index contributed by atoms with van der Waals surface area (Å²) in [4.78, 5) is 26.2. The lowest BCUT2D eigenvalue weighted by Gasteiger charge is -2.24. The predicted octanol–water partition coefficient (Wildman–Crippen LogP) is 5.27. The van der Waals surface area contributed by atoms with Gasteiger partial charge in [-0.3, -0.25) is 14.6 Å². The van der Waals surface area contributed by atoms with Gasteiger partial charge in [0.15, 0.2) is 12.1 Å². The number of aldehydes is 1. The Hall–Kier alpha value is -3.03. The van der Waals surface area contributed by atoms with E-state index in [-0.39, 0.29) is 22.5 Å². The van der Waals surface area contributed by atoms with Crippen molar-refractivity contribution in [1.29, 1.82) is 0 Å². The molecule has 206 valence electrons. The highest BCUT2D eigenvalue weighted by molar-refractivity contribution is 7.10. The fraction of sp³-hybridized carbons (Fsp3) is 0.393. The molecule has 1 rings (SSSR count). The maximum absolute atomic E-state index is 13.5. The van der Waals surface area contributed by atoms with Crippen molar-refractivity contribution in [3.63, 3.8) is 0 Å². The predicted molar refractivity (Wildman–Crippen MR) is 154 cm³/mol. The summed E-state index contributed by atoms with van der Waals surface area (Å²) in [6.07, 6.45) is 8.47. The van der Waals surface area contributed by atoms with E-state index in [2.05, 4.69) is 28.7 Å². The monoisotopic (exact) mass is 562 g/mol. The van der Waals surface area contributed by atoms with E-state index in [4.69, 9.17) is 22.2 Å². The van der Waals surface area contributed by atoms with Gasteiger partial charge in [-0.05, 0) is 63.5 Å². The lowest BCUT2D eigenvalue weighted by molar-refractivity contribution is -0.109. The minimum Gasteiger partial charge on any atom is -0.376 e. The number of hydrogen-bond acceptors (Lipinski definition) is 7. The number of amides is 1. The van der Waals surface area contributed by atoms with E-state index < -0.39 is 5.83 Å². The van der Waals surface area contributed by atoms with Crippen LogP contribution in [0.15, 0.2) is 69.6 Å². The van der Waals surface area contributed by atoms with Gasteiger partial charge in [-0.25, -0.2) is 10.2 Å². The Morgan fingerprint density at radius 2 is 2.13 bits per heavy atom. The molecule has 0 saturated heterocycles. The summed E-state index contributed by atoms with van der Waals surface area (Å²) in [7, 11) is 0. The standard InChI is InChI=1S/C28H36ClFN4O3S/c1-22(17-33-18-24(16-25(30)20-35)7-8-26-6-5-15-38-26)27(29)19-34(31)13-10-23(9-12-32-21-36)11-14-37-28(2,3)4/h5-6,15-21,23H,1,9-14,31H2,2-4H3,(H,32,36)/b24-18-,25-16+,27-19+,33-17+. The van der Waals surface area contributed by atoms with Gasteiger partial charge in [-0.1, -0.05) is 36.1 Å². The first-order valence-electron chi connectivity index (χ1n) is 12.0. The number of hydrogen-bond donors (Lipinski definition) is 2. The molecule has 1 unspecified atom stereocenters. The Morgan fingerprint density at radius 3 is 2.76 bits per heavy atom. The quantitative estimate of drug-likeness (QED) is 0.0418. The molecule has 0 aromatic carbocycles. The minimum atomic E-state index is -0.965. The molecule has 1 atom stereocenters. The number of ether oxygens (including phenoxy) is 1. The highest BCUT2D eigenvalue weighted by atomic mass is 35.5. The SMILES string of the molecule is C=C(/C=N/C=C(C#Cc1cccs1)\C=C(\F)C=O)/C(Cl)=C\N(N)CCC(CCNC=O)CCOC(C)(C)C. The van der Waals surface area contributed by atoms with Crippen molar-refractivity contribution in [2.24, 2.45) is 16.8 Å². The van der Waals surface area contributed by atoms with Crippen LogP contribution >= 0.6 is 22.9 Å². The second-order valence-corrected chi connectivity index (χ2v) is 10.6. The van der Waals surface area contributed by atoms with E-state index in [1.165, 1.54) is 28.8 Å². The summed E-state index contributed by atoms with van der Waals surface area (Å²) in [5, 5.41) is 6.32. The Labute approximate surface area is 233 Å². The number of nitrogens with two attached hydrogens (primary N) is 1. The number of rotatable bonds is 16. The van der Waals surface area contributed by atoms with Crippen LogP contribution in [0.5, 0.6) is 0 Å².